The van der Waals surface area contributed by atoms with Crippen molar-refractivity contribution in [2.45, 2.75) is 44.9 Å². The Morgan fingerprint density at radius 1 is 0.833 bits per heavy atom. The summed E-state index contributed by atoms with van der Waals surface area (Å²) in [6.07, 6.45) is -2.42. The topological polar surface area (TPSA) is 146 Å². The summed E-state index contributed by atoms with van der Waals surface area (Å²) in [6.45, 7) is -0.217. The largest absolute Gasteiger partial charge is 0.444 e. The van der Waals surface area contributed by atoms with Gasteiger partial charge < -0.3 is 20.0 Å². The van der Waals surface area contributed by atoms with Gasteiger partial charge in [0.1, 0.15) is 19.3 Å². The van der Waals surface area contributed by atoms with Crippen LogP contribution < -0.4 is 5.73 Å². The Balaban J connectivity index is 1.82. The molecule has 4 amide bonds. The highest BCUT2D eigenvalue weighted by atomic mass is 16.7. The van der Waals surface area contributed by atoms with E-state index in [1.54, 1.807) is 60.7 Å². The van der Waals surface area contributed by atoms with Crippen molar-refractivity contribution < 1.29 is 38.3 Å². The lowest BCUT2D eigenvalue weighted by molar-refractivity contribution is -0.200. The second-order valence-electron chi connectivity index (χ2n) is 7.89. The highest BCUT2D eigenvalue weighted by Gasteiger charge is 2.41. The maximum Gasteiger partial charge on any atom is 0.420 e. The lowest BCUT2D eigenvalue weighted by atomic mass is 10.1. The molecule has 0 bridgehead atoms. The van der Waals surface area contributed by atoms with Gasteiger partial charge in [0.05, 0.1) is 0 Å². The first-order valence-electron chi connectivity index (χ1n) is 11.4. The smallest absolute Gasteiger partial charge is 0.420 e. The van der Waals surface area contributed by atoms with Gasteiger partial charge in [-0.15, -0.1) is 5.06 Å². The summed E-state index contributed by atoms with van der Waals surface area (Å²) in [5.74, 6) is -2.56. The van der Waals surface area contributed by atoms with Crippen molar-refractivity contribution in [1.82, 2.24) is 9.96 Å². The van der Waals surface area contributed by atoms with Crippen molar-refractivity contribution in [2.24, 2.45) is 5.73 Å². The van der Waals surface area contributed by atoms with Crippen molar-refractivity contribution in [3.63, 3.8) is 0 Å². The van der Waals surface area contributed by atoms with Crippen LogP contribution in [0.1, 0.15) is 36.8 Å². The molecule has 11 nitrogen and oxygen atoms in total. The van der Waals surface area contributed by atoms with Crippen LogP contribution in [-0.4, -0.2) is 52.5 Å². The fourth-order valence-electron chi connectivity index (χ4n) is 3.38. The van der Waals surface area contributed by atoms with Crippen LogP contribution >= 0.6 is 0 Å². The molecule has 36 heavy (non-hydrogen) atoms. The average molecular weight is 498 g/mol. The van der Waals surface area contributed by atoms with Gasteiger partial charge in [0.25, 0.3) is 11.8 Å². The monoisotopic (exact) mass is 497 g/mol. The number of imide groups is 2. The number of nitrogens with zero attached hydrogens (tertiary/aromatic N) is 2. The van der Waals surface area contributed by atoms with E-state index >= 15 is 0 Å². The molecule has 0 unspecified atom stereocenters. The Bertz CT molecular complexity index is 1010. The third kappa shape index (κ3) is 7.12. The lowest BCUT2D eigenvalue weighted by Crippen LogP contribution is -2.51. The molecule has 0 aliphatic carbocycles. The van der Waals surface area contributed by atoms with Crippen LogP contribution in [0.3, 0.4) is 0 Å². The molecular weight excluding hydrogens is 470 g/mol. The maximum atomic E-state index is 13.1. The first-order valence-corrected chi connectivity index (χ1v) is 11.4. The van der Waals surface area contributed by atoms with Gasteiger partial charge in [0.2, 0.25) is 0 Å². The second-order valence-corrected chi connectivity index (χ2v) is 7.89. The average Bonchev–Trinajstić information content (AvgIpc) is 3.21. The van der Waals surface area contributed by atoms with E-state index in [0.29, 0.717) is 21.1 Å². The van der Waals surface area contributed by atoms with Gasteiger partial charge in [-0.05, 0) is 30.5 Å². The minimum absolute atomic E-state index is 0.105. The van der Waals surface area contributed by atoms with Gasteiger partial charge in [0, 0.05) is 12.8 Å². The number of amides is 4. The predicted octanol–water partition coefficient (Wildman–Crippen LogP) is 2.68. The highest BCUT2D eigenvalue weighted by Crippen LogP contribution is 2.19. The highest BCUT2D eigenvalue weighted by molar-refractivity contribution is 6.02. The molecule has 0 spiro atoms. The molecule has 0 aromatic heterocycles. The van der Waals surface area contributed by atoms with Crippen LogP contribution in [0.5, 0.6) is 0 Å². The van der Waals surface area contributed by atoms with E-state index in [1.807, 2.05) is 0 Å². The van der Waals surface area contributed by atoms with Crippen LogP contribution in [0.4, 0.5) is 9.59 Å². The SMILES string of the molecule is NCCC[C@@H](C(=O)ON1C(=O)CCC1=O)N(C(=O)OCc1ccccc1)C(=O)OCc1ccccc1. The van der Waals surface area contributed by atoms with Crippen LogP contribution in [0.25, 0.3) is 0 Å². The number of hydrogen-bond donors (Lipinski definition) is 1. The number of hydrogen-bond acceptors (Lipinski definition) is 9. The zero-order chi connectivity index (χ0) is 25.9. The zero-order valence-electron chi connectivity index (χ0n) is 19.5. The summed E-state index contributed by atoms with van der Waals surface area (Å²) in [5, 5.41) is 0.348. The molecule has 3 rings (SSSR count). The molecule has 11 heteroatoms. The van der Waals surface area contributed by atoms with Gasteiger partial charge in [-0.3, -0.25) is 9.59 Å². The third-order valence-electron chi connectivity index (χ3n) is 5.26. The van der Waals surface area contributed by atoms with Gasteiger partial charge in [0.15, 0.2) is 0 Å². The van der Waals surface area contributed by atoms with Gasteiger partial charge in [-0.2, -0.15) is 4.90 Å². The minimum atomic E-state index is -1.55. The molecule has 0 radical (unpaired) electrons. The number of benzene rings is 2. The molecule has 1 atom stereocenters. The van der Waals surface area contributed by atoms with E-state index in [2.05, 4.69) is 0 Å². The summed E-state index contributed by atoms with van der Waals surface area (Å²) < 4.78 is 10.6. The number of hydroxylamine groups is 2. The van der Waals surface area contributed by atoms with E-state index in [9.17, 15) is 24.0 Å². The van der Waals surface area contributed by atoms with E-state index < -0.39 is 36.0 Å². The molecule has 0 saturated carbocycles. The van der Waals surface area contributed by atoms with Crippen molar-refractivity contribution in [1.29, 1.82) is 0 Å². The molecular formula is C25H27N3O8. The quantitative estimate of drug-likeness (QED) is 0.490. The predicted molar refractivity (Wildman–Crippen MR) is 124 cm³/mol. The maximum absolute atomic E-state index is 13.1. The number of rotatable bonds is 10. The normalized spacial score (nSPS) is 13.8. The standard InChI is InChI=1S/C25H27N3O8/c26-15-7-12-20(23(31)36-28-21(29)13-14-22(28)30)27(24(32)34-16-18-8-3-1-4-9-18)25(33)35-17-19-10-5-2-6-11-19/h1-6,8-11,20H,7,12-17,26H2/t20-/m0/s1. The van der Waals surface area contributed by atoms with Crippen molar-refractivity contribution in [3.8, 4) is 0 Å². The summed E-state index contributed by atoms with van der Waals surface area (Å²) in [5.41, 5.74) is 6.89. The van der Waals surface area contributed by atoms with E-state index in [4.69, 9.17) is 20.0 Å². The van der Waals surface area contributed by atoms with Gasteiger partial charge >= 0.3 is 18.2 Å². The van der Waals surface area contributed by atoms with Crippen molar-refractivity contribution in [3.05, 3.63) is 71.8 Å². The fraction of sp³-hybridized carbons (Fsp3) is 0.320. The Labute approximate surface area is 207 Å². The number of nitrogens with two attached hydrogens (primary N) is 1. The summed E-state index contributed by atoms with van der Waals surface area (Å²) in [4.78, 5) is 68.5. The fourth-order valence-corrected chi connectivity index (χ4v) is 3.38. The Morgan fingerprint density at radius 3 is 1.75 bits per heavy atom. The molecule has 2 N–H and O–H groups in total. The first-order chi connectivity index (χ1) is 17.4. The van der Waals surface area contributed by atoms with Crippen molar-refractivity contribution in [2.75, 3.05) is 6.54 Å². The molecule has 2 aromatic rings. The van der Waals surface area contributed by atoms with Crippen molar-refractivity contribution >= 4 is 30.0 Å². The molecule has 1 aliphatic rings. The third-order valence-corrected chi connectivity index (χ3v) is 5.26. The number of carbonyl (C=O) groups excluding carboxylic acids is 5. The zero-order valence-corrected chi connectivity index (χ0v) is 19.5. The minimum Gasteiger partial charge on any atom is -0.444 e. The molecule has 1 fully saturated rings. The summed E-state index contributed by atoms with van der Waals surface area (Å²) in [6, 6.07) is 15.9. The van der Waals surface area contributed by atoms with Crippen LogP contribution in [0, 0.1) is 0 Å². The Morgan fingerprint density at radius 2 is 1.31 bits per heavy atom. The lowest BCUT2D eigenvalue weighted by Gasteiger charge is -2.28. The first kappa shape index (κ1) is 26.4. The van der Waals surface area contributed by atoms with Gasteiger partial charge in [-0.25, -0.2) is 14.4 Å². The summed E-state index contributed by atoms with van der Waals surface area (Å²) in [7, 11) is 0. The Hall–Kier alpha value is -4.25. The molecule has 1 aliphatic heterocycles. The Kier molecular flexibility index (Phi) is 9.52. The molecule has 2 aromatic carbocycles. The number of carbonyl (C=O) groups is 5. The second kappa shape index (κ2) is 13.0. The summed E-state index contributed by atoms with van der Waals surface area (Å²) >= 11 is 0. The van der Waals surface area contributed by atoms with E-state index in [0.717, 1.165) is 0 Å². The van der Waals surface area contributed by atoms with Gasteiger partial charge in [-0.1, -0.05) is 60.7 Å². The number of ether oxygens (including phenoxy) is 2. The van der Waals surface area contributed by atoms with E-state index in [1.165, 1.54) is 0 Å². The molecule has 1 heterocycles. The molecule has 190 valence electrons. The van der Waals surface area contributed by atoms with E-state index in [-0.39, 0.29) is 45.4 Å². The molecule has 1 saturated heterocycles. The van der Waals surface area contributed by atoms with Crippen LogP contribution in [0.15, 0.2) is 60.7 Å². The van der Waals surface area contributed by atoms with Crippen LogP contribution in [0.2, 0.25) is 0 Å². The van der Waals surface area contributed by atoms with Crippen LogP contribution in [-0.2, 0) is 41.9 Å².